The third-order valence-corrected chi connectivity index (χ3v) is 4.87. The molecular weight excluding hydrogens is 238 g/mol. The number of nitrogens with one attached hydrogen (secondary N) is 1. The highest BCUT2D eigenvalue weighted by molar-refractivity contribution is 5.78. The van der Waals surface area contributed by atoms with Crippen LogP contribution < -0.4 is 11.1 Å². The number of likely N-dealkylation sites (tertiary alicyclic amines) is 1. The Morgan fingerprint density at radius 1 is 1.37 bits per heavy atom. The monoisotopic (exact) mass is 267 g/mol. The summed E-state index contributed by atoms with van der Waals surface area (Å²) >= 11 is 0. The summed E-state index contributed by atoms with van der Waals surface area (Å²) in [4.78, 5) is 14.6. The van der Waals surface area contributed by atoms with Gasteiger partial charge in [0.05, 0.1) is 5.92 Å². The molecule has 0 aromatic heterocycles. The second-order valence-electron chi connectivity index (χ2n) is 6.15. The van der Waals surface area contributed by atoms with Crippen molar-refractivity contribution in [3.63, 3.8) is 0 Å². The fourth-order valence-corrected chi connectivity index (χ4v) is 3.64. The van der Waals surface area contributed by atoms with Crippen molar-refractivity contribution in [3.8, 4) is 0 Å². The number of nitrogens with zero attached hydrogens (tertiary/aromatic N) is 1. The second kappa shape index (κ2) is 7.25. The Morgan fingerprint density at radius 2 is 2.21 bits per heavy atom. The van der Waals surface area contributed by atoms with Gasteiger partial charge in [0, 0.05) is 25.7 Å². The van der Waals surface area contributed by atoms with Crippen LogP contribution in [0.25, 0.3) is 0 Å². The van der Waals surface area contributed by atoms with Gasteiger partial charge in [0.15, 0.2) is 0 Å². The number of nitrogens with two attached hydrogens (primary N) is 1. The Balaban J connectivity index is 1.82. The first kappa shape index (κ1) is 14.8. The maximum absolute atomic E-state index is 12.0. The summed E-state index contributed by atoms with van der Waals surface area (Å²) in [6, 6.07) is 0.732. The molecule has 19 heavy (non-hydrogen) atoms. The van der Waals surface area contributed by atoms with Gasteiger partial charge in [0.2, 0.25) is 5.91 Å². The van der Waals surface area contributed by atoms with Crippen molar-refractivity contribution >= 4 is 5.91 Å². The van der Waals surface area contributed by atoms with Crippen LogP contribution in [-0.2, 0) is 4.79 Å². The van der Waals surface area contributed by atoms with Crippen molar-refractivity contribution in [2.75, 3.05) is 26.2 Å². The first-order valence-corrected chi connectivity index (χ1v) is 7.96. The molecule has 3 N–H and O–H groups in total. The van der Waals surface area contributed by atoms with E-state index in [1.807, 2.05) is 0 Å². The first-order chi connectivity index (χ1) is 9.24. The zero-order valence-electron chi connectivity index (χ0n) is 12.2. The average molecular weight is 267 g/mol. The van der Waals surface area contributed by atoms with Crippen LogP contribution in [0.15, 0.2) is 0 Å². The minimum absolute atomic E-state index is 0.181. The van der Waals surface area contributed by atoms with Crippen LogP contribution in [0.4, 0.5) is 0 Å². The lowest BCUT2D eigenvalue weighted by molar-refractivity contribution is -0.126. The Hall–Kier alpha value is -0.610. The summed E-state index contributed by atoms with van der Waals surface area (Å²) < 4.78 is 0. The van der Waals surface area contributed by atoms with Crippen molar-refractivity contribution in [1.29, 1.82) is 0 Å². The van der Waals surface area contributed by atoms with E-state index in [9.17, 15) is 4.79 Å². The second-order valence-corrected chi connectivity index (χ2v) is 6.15. The lowest BCUT2D eigenvalue weighted by atomic mass is 9.95. The number of carbonyl (C=O) groups is 1. The molecule has 2 rings (SSSR count). The largest absolute Gasteiger partial charge is 0.355 e. The molecule has 2 aliphatic rings. The van der Waals surface area contributed by atoms with Crippen LogP contribution in [0.3, 0.4) is 0 Å². The van der Waals surface area contributed by atoms with Gasteiger partial charge < -0.3 is 11.1 Å². The normalized spacial score (nSPS) is 32.4. The minimum Gasteiger partial charge on any atom is -0.355 e. The van der Waals surface area contributed by atoms with Gasteiger partial charge in [-0.3, -0.25) is 9.69 Å². The summed E-state index contributed by atoms with van der Waals surface area (Å²) in [6.07, 6.45) is 7.56. The highest BCUT2D eigenvalue weighted by Crippen LogP contribution is 2.33. The van der Waals surface area contributed by atoms with Crippen LogP contribution >= 0.6 is 0 Å². The van der Waals surface area contributed by atoms with Crippen molar-refractivity contribution in [3.05, 3.63) is 0 Å². The first-order valence-electron chi connectivity index (χ1n) is 7.96. The van der Waals surface area contributed by atoms with E-state index in [0.717, 1.165) is 31.3 Å². The van der Waals surface area contributed by atoms with Crippen molar-refractivity contribution in [2.24, 2.45) is 17.6 Å². The van der Waals surface area contributed by atoms with Crippen LogP contribution in [0.1, 0.15) is 45.4 Å². The molecule has 0 radical (unpaired) electrons. The molecule has 0 bridgehead atoms. The molecule has 2 fully saturated rings. The molecule has 0 spiro atoms. The molecule has 4 heteroatoms. The van der Waals surface area contributed by atoms with Crippen LogP contribution in [0.5, 0.6) is 0 Å². The summed E-state index contributed by atoms with van der Waals surface area (Å²) in [6.45, 7) is 5.57. The van der Waals surface area contributed by atoms with Gasteiger partial charge in [-0.25, -0.2) is 0 Å². The van der Waals surface area contributed by atoms with Crippen LogP contribution in [0, 0.1) is 11.8 Å². The zero-order valence-corrected chi connectivity index (χ0v) is 12.2. The standard InChI is InChI=1S/C15H29N3O/c1-2-12-5-6-14(10-12)18-9-3-4-13(11-18)15(19)17-8-7-16/h12-14H,2-11,16H2,1H3,(H,17,19). The van der Waals surface area contributed by atoms with Gasteiger partial charge in [0.1, 0.15) is 0 Å². The molecule has 1 saturated carbocycles. The van der Waals surface area contributed by atoms with E-state index in [2.05, 4.69) is 17.1 Å². The Labute approximate surface area is 117 Å². The fourth-order valence-electron chi connectivity index (χ4n) is 3.64. The average Bonchev–Trinajstić information content (AvgIpc) is 2.94. The molecular formula is C15H29N3O. The summed E-state index contributed by atoms with van der Waals surface area (Å²) in [7, 11) is 0. The van der Waals surface area contributed by atoms with E-state index in [1.165, 1.54) is 32.2 Å². The van der Waals surface area contributed by atoms with Crippen molar-refractivity contribution < 1.29 is 4.79 Å². The van der Waals surface area contributed by atoms with Crippen molar-refractivity contribution in [2.45, 2.75) is 51.5 Å². The maximum atomic E-state index is 12.0. The lowest BCUT2D eigenvalue weighted by Crippen LogP contribution is -2.47. The van der Waals surface area contributed by atoms with E-state index in [1.54, 1.807) is 0 Å². The predicted octanol–water partition coefficient (Wildman–Crippen LogP) is 1.35. The van der Waals surface area contributed by atoms with E-state index in [0.29, 0.717) is 13.1 Å². The number of rotatable bonds is 5. The molecule has 0 aromatic carbocycles. The van der Waals surface area contributed by atoms with Crippen molar-refractivity contribution in [1.82, 2.24) is 10.2 Å². The number of hydrogen-bond acceptors (Lipinski definition) is 3. The SMILES string of the molecule is CCC1CCC(N2CCCC(C(=O)NCCN)C2)C1. The molecule has 4 nitrogen and oxygen atoms in total. The molecule has 110 valence electrons. The van der Waals surface area contributed by atoms with E-state index in [4.69, 9.17) is 5.73 Å². The Kier molecular flexibility index (Phi) is 5.64. The van der Waals surface area contributed by atoms with Gasteiger partial charge in [-0.2, -0.15) is 0 Å². The Morgan fingerprint density at radius 3 is 2.89 bits per heavy atom. The molecule has 1 aliphatic heterocycles. The van der Waals surface area contributed by atoms with Crippen LogP contribution in [0.2, 0.25) is 0 Å². The predicted molar refractivity (Wildman–Crippen MR) is 77.8 cm³/mol. The molecule has 1 heterocycles. The molecule has 3 atom stereocenters. The van der Waals surface area contributed by atoms with Gasteiger partial charge in [-0.15, -0.1) is 0 Å². The third-order valence-electron chi connectivity index (χ3n) is 4.87. The molecule has 1 saturated heterocycles. The van der Waals surface area contributed by atoms with Gasteiger partial charge in [0.25, 0.3) is 0 Å². The number of piperidine rings is 1. The molecule has 3 unspecified atom stereocenters. The highest BCUT2D eigenvalue weighted by atomic mass is 16.1. The quantitative estimate of drug-likeness (QED) is 0.790. The number of amides is 1. The summed E-state index contributed by atoms with van der Waals surface area (Å²) in [5.41, 5.74) is 5.44. The molecule has 1 amide bonds. The van der Waals surface area contributed by atoms with E-state index < -0.39 is 0 Å². The zero-order chi connectivity index (χ0) is 13.7. The van der Waals surface area contributed by atoms with E-state index in [-0.39, 0.29) is 11.8 Å². The fraction of sp³-hybridized carbons (Fsp3) is 0.933. The topological polar surface area (TPSA) is 58.4 Å². The van der Waals surface area contributed by atoms with Gasteiger partial charge in [-0.1, -0.05) is 13.3 Å². The maximum Gasteiger partial charge on any atom is 0.224 e. The molecule has 0 aromatic rings. The number of hydrogen-bond donors (Lipinski definition) is 2. The highest BCUT2D eigenvalue weighted by Gasteiger charge is 2.33. The van der Waals surface area contributed by atoms with E-state index >= 15 is 0 Å². The Bertz CT molecular complexity index is 295. The smallest absolute Gasteiger partial charge is 0.224 e. The van der Waals surface area contributed by atoms with Gasteiger partial charge in [-0.05, 0) is 44.6 Å². The molecule has 1 aliphatic carbocycles. The number of carbonyl (C=O) groups excluding carboxylic acids is 1. The summed E-state index contributed by atoms with van der Waals surface area (Å²) in [5.74, 6) is 1.30. The third kappa shape index (κ3) is 3.93. The lowest BCUT2D eigenvalue weighted by Gasteiger charge is -2.36. The van der Waals surface area contributed by atoms with Gasteiger partial charge >= 0.3 is 0 Å². The van der Waals surface area contributed by atoms with Crippen LogP contribution in [-0.4, -0.2) is 43.0 Å². The minimum atomic E-state index is 0.181. The summed E-state index contributed by atoms with van der Waals surface area (Å²) in [5, 5.41) is 2.94.